The summed E-state index contributed by atoms with van der Waals surface area (Å²) in [6.45, 7) is 4.63. The first kappa shape index (κ1) is 16.8. The maximum atomic E-state index is 11.5. The highest BCUT2D eigenvalue weighted by Gasteiger charge is 2.17. The smallest absolute Gasteiger partial charge is 0.223 e. The Hall–Kier alpha value is -1.26. The third kappa shape index (κ3) is 3.87. The normalized spacial score (nSPS) is 14.2. The predicted octanol–water partition coefficient (Wildman–Crippen LogP) is 1.89. The fourth-order valence-electron chi connectivity index (χ4n) is 2.69. The van der Waals surface area contributed by atoms with E-state index in [1.54, 1.807) is 7.05 Å². The molecule has 0 fully saturated rings. The minimum Gasteiger partial charge on any atom is -0.384 e. The van der Waals surface area contributed by atoms with E-state index in [0.29, 0.717) is 0 Å². The Morgan fingerprint density at radius 2 is 2.25 bits per heavy atom. The molecule has 2 N–H and O–H groups in total. The largest absolute Gasteiger partial charge is 0.384 e. The molecule has 0 saturated heterocycles. The van der Waals surface area contributed by atoms with E-state index in [1.165, 1.54) is 16.8 Å². The number of hydrogen-bond donors (Lipinski definition) is 2. The van der Waals surface area contributed by atoms with E-state index in [1.807, 2.05) is 6.92 Å². The molecule has 1 aliphatic rings. The molecule has 1 amide bonds. The van der Waals surface area contributed by atoms with Crippen molar-refractivity contribution in [2.45, 2.75) is 19.9 Å². The number of hydrogen-bond acceptors (Lipinski definition) is 3. The van der Waals surface area contributed by atoms with Crippen LogP contribution in [0.4, 0.5) is 5.69 Å². The quantitative estimate of drug-likeness (QED) is 0.872. The summed E-state index contributed by atoms with van der Waals surface area (Å²) in [5.41, 5.74) is 4.02. The topological polar surface area (TPSA) is 44.4 Å². The second-order valence-corrected chi connectivity index (χ2v) is 5.34. The summed E-state index contributed by atoms with van der Waals surface area (Å²) in [4.78, 5) is 13.7. The van der Waals surface area contributed by atoms with Crippen LogP contribution in [-0.4, -0.2) is 38.0 Å². The minimum atomic E-state index is 0. The van der Waals surface area contributed by atoms with Crippen LogP contribution < -0.4 is 10.6 Å². The molecule has 112 valence electrons. The number of rotatable bonds is 5. The maximum absolute atomic E-state index is 11.5. The molecule has 20 heavy (non-hydrogen) atoms. The van der Waals surface area contributed by atoms with Crippen molar-refractivity contribution >= 4 is 24.0 Å². The van der Waals surface area contributed by atoms with Gasteiger partial charge in [0.25, 0.3) is 0 Å². The van der Waals surface area contributed by atoms with Crippen molar-refractivity contribution in [3.05, 3.63) is 29.3 Å². The highest BCUT2D eigenvalue weighted by molar-refractivity contribution is 5.85. The van der Waals surface area contributed by atoms with Crippen molar-refractivity contribution in [2.75, 3.05) is 32.5 Å². The fraction of sp³-hybridized carbons (Fsp3) is 0.533. The van der Waals surface area contributed by atoms with E-state index in [2.05, 4.69) is 40.8 Å². The average Bonchev–Trinajstić information content (AvgIpc) is 2.87. The zero-order chi connectivity index (χ0) is 13.8. The summed E-state index contributed by atoms with van der Waals surface area (Å²) in [6.07, 6.45) is 1.11. The van der Waals surface area contributed by atoms with Gasteiger partial charge in [-0.15, -0.1) is 12.4 Å². The summed E-state index contributed by atoms with van der Waals surface area (Å²) in [7, 11) is 3.75. The van der Waals surface area contributed by atoms with Crippen molar-refractivity contribution in [3.63, 3.8) is 0 Å². The Bertz CT molecular complexity index is 464. The van der Waals surface area contributed by atoms with Gasteiger partial charge in [0.1, 0.15) is 0 Å². The monoisotopic (exact) mass is 297 g/mol. The van der Waals surface area contributed by atoms with Crippen molar-refractivity contribution in [2.24, 2.45) is 5.92 Å². The third-order valence-electron chi connectivity index (χ3n) is 3.65. The Balaban J connectivity index is 0.00000200. The maximum Gasteiger partial charge on any atom is 0.223 e. The number of halogens is 1. The van der Waals surface area contributed by atoms with Crippen LogP contribution in [0, 0.1) is 5.92 Å². The van der Waals surface area contributed by atoms with Crippen LogP contribution in [0.15, 0.2) is 18.2 Å². The number of nitrogens with one attached hydrogen (secondary N) is 2. The minimum absolute atomic E-state index is 0. The summed E-state index contributed by atoms with van der Waals surface area (Å²) in [5.74, 6) is 0.114. The number of carbonyl (C=O) groups excluding carboxylic acids is 1. The Morgan fingerprint density at radius 3 is 2.95 bits per heavy atom. The molecule has 0 aromatic heterocycles. The standard InChI is InChI=1S/C15H23N3O.ClH/c1-11(15(19)16-2)9-18(3)10-13-6-4-5-12-7-8-17-14(12)13;/h4-6,11,17H,7-10H2,1-3H3,(H,16,19);1H. The number of benzene rings is 1. The average molecular weight is 298 g/mol. The fourth-order valence-corrected chi connectivity index (χ4v) is 2.69. The Labute approximate surface area is 127 Å². The van der Waals surface area contributed by atoms with Crippen LogP contribution in [-0.2, 0) is 17.8 Å². The lowest BCUT2D eigenvalue weighted by atomic mass is 10.1. The number of carbonyl (C=O) groups is 1. The lowest BCUT2D eigenvalue weighted by Gasteiger charge is -2.21. The molecular formula is C15H24ClN3O. The molecule has 1 atom stereocenters. The van der Waals surface area contributed by atoms with Crippen molar-refractivity contribution < 1.29 is 4.79 Å². The number of para-hydroxylation sites is 1. The third-order valence-corrected chi connectivity index (χ3v) is 3.65. The van der Waals surface area contributed by atoms with Crippen molar-refractivity contribution in [1.29, 1.82) is 0 Å². The van der Waals surface area contributed by atoms with E-state index in [-0.39, 0.29) is 24.2 Å². The van der Waals surface area contributed by atoms with E-state index in [4.69, 9.17) is 0 Å². The molecule has 5 heteroatoms. The molecule has 1 aliphatic heterocycles. The molecule has 0 saturated carbocycles. The van der Waals surface area contributed by atoms with Gasteiger partial charge in [0.05, 0.1) is 0 Å². The second kappa shape index (κ2) is 7.50. The first-order valence-corrected chi connectivity index (χ1v) is 6.86. The van der Waals surface area contributed by atoms with Crippen molar-refractivity contribution in [1.82, 2.24) is 10.2 Å². The van der Waals surface area contributed by atoms with Gasteiger partial charge < -0.3 is 15.5 Å². The van der Waals surface area contributed by atoms with Crippen molar-refractivity contribution in [3.8, 4) is 0 Å². The van der Waals surface area contributed by atoms with Gasteiger partial charge >= 0.3 is 0 Å². The zero-order valence-electron chi connectivity index (χ0n) is 12.4. The number of amides is 1. The summed E-state index contributed by atoms with van der Waals surface area (Å²) in [6, 6.07) is 6.47. The van der Waals surface area contributed by atoms with Gasteiger partial charge in [-0.2, -0.15) is 0 Å². The predicted molar refractivity (Wildman–Crippen MR) is 85.4 cm³/mol. The molecule has 1 heterocycles. The van der Waals surface area contributed by atoms with Crippen LogP contribution in [0.5, 0.6) is 0 Å². The first-order chi connectivity index (χ1) is 9.11. The van der Waals surface area contributed by atoms with E-state index >= 15 is 0 Å². The molecular weight excluding hydrogens is 274 g/mol. The molecule has 0 spiro atoms. The number of anilines is 1. The molecule has 1 aromatic carbocycles. The van der Waals surface area contributed by atoms with Gasteiger partial charge in [0.15, 0.2) is 0 Å². The van der Waals surface area contributed by atoms with Crippen LogP contribution in [0.2, 0.25) is 0 Å². The Kier molecular flexibility index (Phi) is 6.30. The van der Waals surface area contributed by atoms with E-state index < -0.39 is 0 Å². The van der Waals surface area contributed by atoms with E-state index in [9.17, 15) is 4.79 Å². The van der Waals surface area contributed by atoms with Gasteiger partial charge in [-0.1, -0.05) is 25.1 Å². The van der Waals surface area contributed by atoms with Crippen LogP contribution >= 0.6 is 12.4 Å². The Morgan fingerprint density at radius 1 is 1.50 bits per heavy atom. The highest BCUT2D eigenvalue weighted by Crippen LogP contribution is 2.27. The van der Waals surface area contributed by atoms with Gasteiger partial charge in [-0.05, 0) is 24.6 Å². The summed E-state index contributed by atoms with van der Waals surface area (Å²) in [5, 5.41) is 6.15. The molecule has 1 aromatic rings. The van der Waals surface area contributed by atoms with Gasteiger partial charge in [0.2, 0.25) is 5.91 Å². The summed E-state index contributed by atoms with van der Waals surface area (Å²) < 4.78 is 0. The van der Waals surface area contributed by atoms with E-state index in [0.717, 1.165) is 26.1 Å². The molecule has 0 aliphatic carbocycles. The lowest BCUT2D eigenvalue weighted by molar-refractivity contribution is -0.124. The first-order valence-electron chi connectivity index (χ1n) is 6.86. The highest BCUT2D eigenvalue weighted by atomic mass is 35.5. The van der Waals surface area contributed by atoms with Gasteiger partial charge in [0, 0.05) is 38.3 Å². The molecule has 0 bridgehead atoms. The SMILES string of the molecule is CNC(=O)C(C)CN(C)Cc1cccc2c1NCC2.Cl. The number of nitrogens with zero attached hydrogens (tertiary/aromatic N) is 1. The zero-order valence-corrected chi connectivity index (χ0v) is 13.2. The second-order valence-electron chi connectivity index (χ2n) is 5.34. The molecule has 0 radical (unpaired) electrons. The van der Waals surface area contributed by atoms with Crippen LogP contribution in [0.1, 0.15) is 18.1 Å². The van der Waals surface area contributed by atoms with Gasteiger partial charge in [-0.25, -0.2) is 0 Å². The summed E-state index contributed by atoms with van der Waals surface area (Å²) >= 11 is 0. The van der Waals surface area contributed by atoms with Gasteiger partial charge in [-0.3, -0.25) is 4.79 Å². The lowest BCUT2D eigenvalue weighted by Crippen LogP contribution is -2.34. The van der Waals surface area contributed by atoms with Crippen LogP contribution in [0.3, 0.4) is 0 Å². The molecule has 2 rings (SSSR count). The van der Waals surface area contributed by atoms with Crippen LogP contribution in [0.25, 0.3) is 0 Å². The molecule has 1 unspecified atom stereocenters. The molecule has 4 nitrogen and oxygen atoms in total. The number of fused-ring (bicyclic) bond motifs is 1.